The Balaban J connectivity index is 2.36. The number of likely N-dealkylation sites (tertiary alicyclic amines) is 1. The van der Waals surface area contributed by atoms with Crippen molar-refractivity contribution in [2.75, 3.05) is 13.1 Å². The van der Waals surface area contributed by atoms with Crippen LogP contribution in [0.25, 0.3) is 0 Å². The van der Waals surface area contributed by atoms with Gasteiger partial charge in [-0.05, 0) is 27.2 Å². The van der Waals surface area contributed by atoms with Gasteiger partial charge in [-0.25, -0.2) is 0 Å². The van der Waals surface area contributed by atoms with Gasteiger partial charge in [-0.1, -0.05) is 0 Å². The van der Waals surface area contributed by atoms with Crippen molar-refractivity contribution in [2.24, 2.45) is 0 Å². The van der Waals surface area contributed by atoms with Crippen molar-refractivity contribution in [1.82, 2.24) is 4.90 Å². The molecule has 0 radical (unpaired) electrons. The molecule has 1 atom stereocenters. The molecular formula is C9H17F2NO. The van der Waals surface area contributed by atoms with E-state index in [1.807, 2.05) is 0 Å². The average molecular weight is 193 g/mol. The minimum absolute atomic E-state index is 0.0558. The fourth-order valence-corrected chi connectivity index (χ4v) is 1.59. The molecule has 2 nitrogen and oxygen atoms in total. The van der Waals surface area contributed by atoms with E-state index < -0.39 is 6.61 Å². The van der Waals surface area contributed by atoms with Crippen molar-refractivity contribution in [1.29, 1.82) is 0 Å². The summed E-state index contributed by atoms with van der Waals surface area (Å²) in [5.74, 6) is 0. The molecule has 78 valence electrons. The van der Waals surface area contributed by atoms with Crippen LogP contribution >= 0.6 is 0 Å². The van der Waals surface area contributed by atoms with Gasteiger partial charge in [0.25, 0.3) is 0 Å². The van der Waals surface area contributed by atoms with E-state index in [-0.39, 0.29) is 11.6 Å². The van der Waals surface area contributed by atoms with E-state index in [1.54, 1.807) is 0 Å². The molecule has 0 unspecified atom stereocenters. The molecule has 1 aliphatic heterocycles. The molecule has 0 aliphatic carbocycles. The first kappa shape index (κ1) is 10.9. The molecule has 0 N–H and O–H groups in total. The van der Waals surface area contributed by atoms with Crippen LogP contribution in [0.4, 0.5) is 8.78 Å². The zero-order valence-corrected chi connectivity index (χ0v) is 8.39. The first-order valence-corrected chi connectivity index (χ1v) is 4.58. The van der Waals surface area contributed by atoms with Crippen LogP contribution in [-0.2, 0) is 4.74 Å². The highest BCUT2D eigenvalue weighted by Crippen LogP contribution is 2.23. The molecule has 13 heavy (non-hydrogen) atoms. The summed E-state index contributed by atoms with van der Waals surface area (Å²) >= 11 is 0. The van der Waals surface area contributed by atoms with Gasteiger partial charge in [0.1, 0.15) is 0 Å². The Morgan fingerprint density at radius 1 is 1.38 bits per heavy atom. The van der Waals surface area contributed by atoms with Crippen molar-refractivity contribution in [2.45, 2.75) is 45.4 Å². The van der Waals surface area contributed by atoms with Crippen molar-refractivity contribution in [3.05, 3.63) is 0 Å². The normalized spacial score (nSPS) is 25.8. The first-order chi connectivity index (χ1) is 5.89. The van der Waals surface area contributed by atoms with Gasteiger partial charge < -0.3 is 4.74 Å². The van der Waals surface area contributed by atoms with Crippen LogP contribution in [0.5, 0.6) is 0 Å². The highest BCUT2D eigenvalue weighted by atomic mass is 19.3. The monoisotopic (exact) mass is 193 g/mol. The van der Waals surface area contributed by atoms with Gasteiger partial charge >= 0.3 is 6.61 Å². The molecule has 1 rings (SSSR count). The number of halogens is 2. The third kappa shape index (κ3) is 3.19. The molecule has 0 saturated carbocycles. The van der Waals surface area contributed by atoms with E-state index in [2.05, 4.69) is 30.4 Å². The topological polar surface area (TPSA) is 12.5 Å². The quantitative estimate of drug-likeness (QED) is 0.666. The summed E-state index contributed by atoms with van der Waals surface area (Å²) in [7, 11) is 0. The highest BCUT2D eigenvalue weighted by molar-refractivity contribution is 4.85. The predicted octanol–water partition coefficient (Wildman–Crippen LogP) is 2.10. The lowest BCUT2D eigenvalue weighted by Gasteiger charge is -2.31. The molecule has 1 heterocycles. The van der Waals surface area contributed by atoms with E-state index >= 15 is 0 Å². The fraction of sp³-hybridized carbons (Fsp3) is 1.00. The Bertz CT molecular complexity index is 167. The molecule has 1 saturated heterocycles. The third-order valence-corrected chi connectivity index (χ3v) is 2.39. The van der Waals surface area contributed by atoms with Gasteiger partial charge in [0.15, 0.2) is 0 Å². The maximum absolute atomic E-state index is 11.9. The second-order valence-electron chi connectivity index (χ2n) is 4.42. The zero-order chi connectivity index (χ0) is 10.1. The summed E-state index contributed by atoms with van der Waals surface area (Å²) in [6, 6.07) is 0. The van der Waals surface area contributed by atoms with Crippen LogP contribution in [0.15, 0.2) is 0 Å². The van der Waals surface area contributed by atoms with E-state index in [4.69, 9.17) is 0 Å². The molecule has 1 fully saturated rings. The number of hydrogen-bond acceptors (Lipinski definition) is 2. The highest BCUT2D eigenvalue weighted by Gasteiger charge is 2.31. The summed E-state index contributed by atoms with van der Waals surface area (Å²) in [6.45, 7) is 5.08. The Labute approximate surface area is 77.9 Å². The Hall–Kier alpha value is -0.220. The smallest absolute Gasteiger partial charge is 0.318 e. The van der Waals surface area contributed by atoms with Gasteiger partial charge in [0, 0.05) is 18.6 Å². The van der Waals surface area contributed by atoms with E-state index in [0.29, 0.717) is 13.0 Å². The number of rotatable bonds is 2. The molecule has 0 spiro atoms. The average Bonchev–Trinajstić information content (AvgIpc) is 2.32. The van der Waals surface area contributed by atoms with Crippen molar-refractivity contribution >= 4 is 0 Å². The minimum Gasteiger partial charge on any atom is -0.318 e. The van der Waals surface area contributed by atoms with Gasteiger partial charge in [0.05, 0.1) is 6.10 Å². The third-order valence-electron chi connectivity index (χ3n) is 2.39. The van der Waals surface area contributed by atoms with Crippen molar-refractivity contribution < 1.29 is 13.5 Å². The predicted molar refractivity (Wildman–Crippen MR) is 46.8 cm³/mol. The van der Waals surface area contributed by atoms with Crippen molar-refractivity contribution in [3.63, 3.8) is 0 Å². The van der Waals surface area contributed by atoms with Crippen LogP contribution in [0.2, 0.25) is 0 Å². The lowest BCUT2D eigenvalue weighted by molar-refractivity contribution is -0.159. The van der Waals surface area contributed by atoms with Crippen LogP contribution < -0.4 is 0 Å². The SMILES string of the molecule is CC(C)(C)N1CC[C@H](OC(F)F)C1. The molecule has 0 aromatic rings. The number of hydrogen-bond donors (Lipinski definition) is 0. The van der Waals surface area contributed by atoms with Crippen LogP contribution in [-0.4, -0.2) is 36.2 Å². The Morgan fingerprint density at radius 3 is 2.38 bits per heavy atom. The zero-order valence-electron chi connectivity index (χ0n) is 8.39. The molecular weight excluding hydrogens is 176 g/mol. The maximum Gasteiger partial charge on any atom is 0.345 e. The lowest BCUT2D eigenvalue weighted by Crippen LogP contribution is -2.40. The van der Waals surface area contributed by atoms with Gasteiger partial charge in [-0.2, -0.15) is 8.78 Å². The second kappa shape index (κ2) is 3.88. The summed E-state index contributed by atoms with van der Waals surface area (Å²) in [5, 5.41) is 0. The number of nitrogens with zero attached hydrogens (tertiary/aromatic N) is 1. The summed E-state index contributed by atoms with van der Waals surface area (Å²) in [4.78, 5) is 2.17. The Morgan fingerprint density at radius 2 is 2.00 bits per heavy atom. The van der Waals surface area contributed by atoms with E-state index in [0.717, 1.165) is 6.54 Å². The van der Waals surface area contributed by atoms with E-state index in [9.17, 15) is 8.78 Å². The standard InChI is InChI=1S/C9H17F2NO/c1-9(2,3)12-5-4-7(6-12)13-8(10)11/h7-8H,4-6H2,1-3H3/t7-/m0/s1. The largest absolute Gasteiger partial charge is 0.345 e. The fourth-order valence-electron chi connectivity index (χ4n) is 1.59. The lowest BCUT2D eigenvalue weighted by atomic mass is 10.1. The van der Waals surface area contributed by atoms with Crippen LogP contribution in [0.1, 0.15) is 27.2 Å². The summed E-state index contributed by atoms with van der Waals surface area (Å²) in [5.41, 5.74) is 0.0558. The summed E-state index contributed by atoms with van der Waals surface area (Å²) in [6.07, 6.45) is 0.418. The van der Waals surface area contributed by atoms with E-state index in [1.165, 1.54) is 0 Å². The number of alkyl halides is 2. The molecule has 0 aromatic carbocycles. The van der Waals surface area contributed by atoms with Crippen molar-refractivity contribution in [3.8, 4) is 0 Å². The number of ether oxygens (including phenoxy) is 1. The summed E-state index contributed by atoms with van der Waals surface area (Å²) < 4.78 is 28.2. The van der Waals surface area contributed by atoms with Gasteiger partial charge in [-0.15, -0.1) is 0 Å². The molecule has 1 aliphatic rings. The minimum atomic E-state index is -2.63. The maximum atomic E-state index is 11.9. The van der Waals surface area contributed by atoms with Gasteiger partial charge in [0.2, 0.25) is 0 Å². The molecule has 4 heteroatoms. The van der Waals surface area contributed by atoms with Crippen LogP contribution in [0.3, 0.4) is 0 Å². The molecule has 0 aromatic heterocycles. The van der Waals surface area contributed by atoms with Crippen LogP contribution in [0, 0.1) is 0 Å². The molecule has 0 bridgehead atoms. The second-order valence-corrected chi connectivity index (χ2v) is 4.42. The first-order valence-electron chi connectivity index (χ1n) is 4.58. The van der Waals surface area contributed by atoms with Gasteiger partial charge in [-0.3, -0.25) is 4.90 Å². The molecule has 0 amide bonds. The Kier molecular flexibility index (Phi) is 3.24.